The summed E-state index contributed by atoms with van der Waals surface area (Å²) in [6.07, 6.45) is 2.48. The zero-order chi connectivity index (χ0) is 18.2. The van der Waals surface area contributed by atoms with Gasteiger partial charge >= 0.3 is 0 Å². The van der Waals surface area contributed by atoms with Crippen LogP contribution in [-0.2, 0) is 11.2 Å². The Kier molecular flexibility index (Phi) is 6.36. The van der Waals surface area contributed by atoms with Crippen LogP contribution in [0.5, 0.6) is 5.75 Å². The van der Waals surface area contributed by atoms with Crippen molar-refractivity contribution >= 4 is 17.7 Å². The summed E-state index contributed by atoms with van der Waals surface area (Å²) in [5.74, 6) is 0.345. The van der Waals surface area contributed by atoms with E-state index in [9.17, 15) is 10.1 Å². The van der Waals surface area contributed by atoms with Crippen molar-refractivity contribution in [3.05, 3.63) is 65.2 Å². The van der Waals surface area contributed by atoms with Gasteiger partial charge in [0.25, 0.3) is 5.91 Å². The number of rotatable bonds is 6. The van der Waals surface area contributed by atoms with E-state index in [1.165, 1.54) is 0 Å². The lowest BCUT2D eigenvalue weighted by Crippen LogP contribution is -2.14. The average Bonchev–Trinajstić information content (AvgIpc) is 2.61. The number of aryl methyl sites for hydroxylation is 1. The highest BCUT2D eigenvalue weighted by Crippen LogP contribution is 2.18. The van der Waals surface area contributed by atoms with E-state index in [4.69, 9.17) is 4.74 Å². The SMILES string of the molecule is CCc1ccccc1NC(=O)/C(C#N)=C/c1ccc(OC(C)C)cc1. The molecule has 4 nitrogen and oxygen atoms in total. The molecule has 0 radical (unpaired) electrons. The third-order valence-electron chi connectivity index (χ3n) is 3.57. The van der Waals surface area contributed by atoms with Crippen LogP contribution in [0.2, 0.25) is 0 Å². The van der Waals surface area contributed by atoms with E-state index in [2.05, 4.69) is 5.32 Å². The molecule has 1 N–H and O–H groups in total. The summed E-state index contributed by atoms with van der Waals surface area (Å²) >= 11 is 0. The van der Waals surface area contributed by atoms with Crippen molar-refractivity contribution in [2.45, 2.75) is 33.3 Å². The van der Waals surface area contributed by atoms with Crippen LogP contribution in [0.3, 0.4) is 0 Å². The first-order valence-corrected chi connectivity index (χ1v) is 8.31. The smallest absolute Gasteiger partial charge is 0.266 e. The van der Waals surface area contributed by atoms with Crippen LogP contribution in [0.1, 0.15) is 31.9 Å². The number of hydrogen-bond acceptors (Lipinski definition) is 3. The molecule has 0 bridgehead atoms. The molecule has 2 rings (SSSR count). The zero-order valence-electron chi connectivity index (χ0n) is 14.7. The molecule has 0 saturated carbocycles. The van der Waals surface area contributed by atoms with E-state index >= 15 is 0 Å². The summed E-state index contributed by atoms with van der Waals surface area (Å²) < 4.78 is 5.59. The van der Waals surface area contributed by atoms with E-state index in [-0.39, 0.29) is 11.7 Å². The Morgan fingerprint density at radius 2 is 1.88 bits per heavy atom. The maximum Gasteiger partial charge on any atom is 0.266 e. The van der Waals surface area contributed by atoms with Gasteiger partial charge in [-0.3, -0.25) is 4.79 Å². The Morgan fingerprint density at radius 1 is 1.20 bits per heavy atom. The molecule has 0 aliphatic carbocycles. The van der Waals surface area contributed by atoms with Gasteiger partial charge in [-0.15, -0.1) is 0 Å². The van der Waals surface area contributed by atoms with Crippen LogP contribution in [0, 0.1) is 11.3 Å². The quantitative estimate of drug-likeness (QED) is 0.621. The summed E-state index contributed by atoms with van der Waals surface area (Å²) in [4.78, 5) is 12.4. The molecule has 0 spiro atoms. The van der Waals surface area contributed by atoms with Crippen molar-refractivity contribution in [3.8, 4) is 11.8 Å². The fraction of sp³-hybridized carbons (Fsp3) is 0.238. The lowest BCUT2D eigenvalue weighted by atomic mass is 10.1. The standard InChI is InChI=1S/C21H22N2O2/c1-4-17-7-5-6-8-20(17)23-21(24)18(14-22)13-16-9-11-19(12-10-16)25-15(2)3/h5-13,15H,4H2,1-3H3,(H,23,24)/b18-13+. The van der Waals surface area contributed by atoms with E-state index in [0.717, 1.165) is 29.0 Å². The third kappa shape index (κ3) is 5.22. The first-order chi connectivity index (χ1) is 12.0. The predicted molar refractivity (Wildman–Crippen MR) is 100 cm³/mol. The van der Waals surface area contributed by atoms with Crippen LogP contribution in [0.4, 0.5) is 5.69 Å². The highest BCUT2D eigenvalue weighted by molar-refractivity contribution is 6.09. The number of hydrogen-bond donors (Lipinski definition) is 1. The van der Waals surface area contributed by atoms with Crippen LogP contribution < -0.4 is 10.1 Å². The van der Waals surface area contributed by atoms with Gasteiger partial charge in [-0.2, -0.15) is 5.26 Å². The Morgan fingerprint density at radius 3 is 2.48 bits per heavy atom. The Labute approximate surface area is 148 Å². The van der Waals surface area contributed by atoms with E-state index < -0.39 is 5.91 Å². The minimum Gasteiger partial charge on any atom is -0.491 e. The second-order valence-electron chi connectivity index (χ2n) is 5.87. The lowest BCUT2D eigenvalue weighted by Gasteiger charge is -2.10. The molecule has 0 heterocycles. The highest BCUT2D eigenvalue weighted by atomic mass is 16.5. The monoisotopic (exact) mass is 334 g/mol. The van der Waals surface area contributed by atoms with Gasteiger partial charge in [0.15, 0.2) is 0 Å². The molecule has 0 aliphatic heterocycles. The van der Waals surface area contributed by atoms with E-state index in [1.807, 2.05) is 75.4 Å². The number of anilines is 1. The fourth-order valence-electron chi connectivity index (χ4n) is 2.37. The molecular formula is C21H22N2O2. The van der Waals surface area contributed by atoms with Gasteiger partial charge in [-0.1, -0.05) is 37.3 Å². The van der Waals surface area contributed by atoms with Crippen molar-refractivity contribution in [1.82, 2.24) is 0 Å². The summed E-state index contributed by atoms with van der Waals surface area (Å²) in [6.45, 7) is 5.94. The maximum absolute atomic E-state index is 12.4. The van der Waals surface area contributed by atoms with Gasteiger partial charge in [0.05, 0.1) is 6.10 Å². The van der Waals surface area contributed by atoms with Crippen molar-refractivity contribution in [2.75, 3.05) is 5.32 Å². The number of ether oxygens (including phenoxy) is 1. The van der Waals surface area contributed by atoms with Crippen LogP contribution in [-0.4, -0.2) is 12.0 Å². The molecule has 1 amide bonds. The zero-order valence-corrected chi connectivity index (χ0v) is 14.7. The molecule has 25 heavy (non-hydrogen) atoms. The number of carbonyl (C=O) groups is 1. The van der Waals surface area contributed by atoms with Gasteiger partial charge < -0.3 is 10.1 Å². The number of benzene rings is 2. The fourth-order valence-corrected chi connectivity index (χ4v) is 2.37. The van der Waals surface area contributed by atoms with Gasteiger partial charge in [0.2, 0.25) is 0 Å². The van der Waals surface area contributed by atoms with E-state index in [0.29, 0.717) is 0 Å². The maximum atomic E-state index is 12.4. The number of nitriles is 1. The number of nitrogens with zero attached hydrogens (tertiary/aromatic N) is 1. The predicted octanol–water partition coefficient (Wildman–Crippen LogP) is 4.58. The number of para-hydroxylation sites is 1. The van der Waals surface area contributed by atoms with Gasteiger partial charge in [-0.05, 0) is 55.7 Å². The van der Waals surface area contributed by atoms with Crippen LogP contribution >= 0.6 is 0 Å². The molecule has 0 aromatic heterocycles. The normalized spacial score (nSPS) is 11.1. The van der Waals surface area contributed by atoms with Gasteiger partial charge in [-0.25, -0.2) is 0 Å². The van der Waals surface area contributed by atoms with Gasteiger partial charge in [0.1, 0.15) is 17.4 Å². The highest BCUT2D eigenvalue weighted by Gasteiger charge is 2.11. The molecule has 4 heteroatoms. The molecule has 2 aromatic rings. The minimum absolute atomic E-state index is 0.0587. The third-order valence-corrected chi connectivity index (χ3v) is 3.57. The second kappa shape index (κ2) is 8.70. The van der Waals surface area contributed by atoms with Crippen LogP contribution in [0.25, 0.3) is 6.08 Å². The topological polar surface area (TPSA) is 62.1 Å². The Bertz CT molecular complexity index is 799. The van der Waals surface area contributed by atoms with Crippen LogP contribution in [0.15, 0.2) is 54.1 Å². The summed E-state index contributed by atoms with van der Waals surface area (Å²) in [5.41, 5.74) is 2.59. The molecule has 0 unspecified atom stereocenters. The number of carbonyl (C=O) groups excluding carboxylic acids is 1. The largest absolute Gasteiger partial charge is 0.491 e. The molecule has 0 fully saturated rings. The summed E-state index contributed by atoms with van der Waals surface area (Å²) in [7, 11) is 0. The Hall–Kier alpha value is -3.06. The number of nitrogens with one attached hydrogen (secondary N) is 1. The van der Waals surface area contributed by atoms with Crippen molar-refractivity contribution < 1.29 is 9.53 Å². The first kappa shape index (κ1) is 18.3. The molecule has 0 aliphatic rings. The van der Waals surface area contributed by atoms with E-state index in [1.54, 1.807) is 6.08 Å². The van der Waals surface area contributed by atoms with Gasteiger partial charge in [0, 0.05) is 5.69 Å². The molecule has 2 aromatic carbocycles. The molecule has 0 saturated heterocycles. The van der Waals surface area contributed by atoms with Crippen molar-refractivity contribution in [2.24, 2.45) is 0 Å². The summed E-state index contributed by atoms with van der Waals surface area (Å²) in [6, 6.07) is 16.8. The first-order valence-electron chi connectivity index (χ1n) is 8.31. The lowest BCUT2D eigenvalue weighted by molar-refractivity contribution is -0.112. The molecule has 128 valence electrons. The second-order valence-corrected chi connectivity index (χ2v) is 5.87. The molecule has 0 atom stereocenters. The molecular weight excluding hydrogens is 312 g/mol. The minimum atomic E-state index is -0.411. The van der Waals surface area contributed by atoms with Crippen molar-refractivity contribution in [1.29, 1.82) is 5.26 Å². The average molecular weight is 334 g/mol. The Balaban J connectivity index is 2.16. The summed E-state index contributed by atoms with van der Waals surface area (Å²) in [5, 5.41) is 12.1. The van der Waals surface area contributed by atoms with Crippen molar-refractivity contribution in [3.63, 3.8) is 0 Å². The number of amides is 1.